The fourth-order valence-electron chi connectivity index (χ4n) is 3.80. The number of carbonyl (C=O) groups is 5. The Morgan fingerprint density at radius 2 is 1.50 bits per heavy atom. The van der Waals surface area contributed by atoms with E-state index in [1.165, 1.54) is 21.0 Å². The zero-order chi connectivity index (χ0) is 29.5. The molecule has 12 nitrogen and oxygen atoms in total. The Balaban J connectivity index is 0.00000171. The molecule has 0 unspecified atom stereocenters. The summed E-state index contributed by atoms with van der Waals surface area (Å²) in [6.45, 7) is 3.48. The number of hydrogen-bond acceptors (Lipinski definition) is 7. The number of aliphatic carboxylic acids is 2. The van der Waals surface area contributed by atoms with Crippen LogP contribution in [0, 0.1) is 5.92 Å². The molecule has 1 aliphatic rings. The number of nitrogens with one attached hydrogen (secondary N) is 3. The molecular formula is C23H39F3N4O8. The monoisotopic (exact) mass is 556 g/mol. The van der Waals surface area contributed by atoms with Crippen LogP contribution in [0.25, 0.3) is 0 Å². The number of carboxylic acid groups (broad SMARTS) is 2. The first-order valence-corrected chi connectivity index (χ1v) is 12.3. The fourth-order valence-corrected chi connectivity index (χ4v) is 3.80. The van der Waals surface area contributed by atoms with Gasteiger partial charge in [0.15, 0.2) is 0 Å². The summed E-state index contributed by atoms with van der Waals surface area (Å²) < 4.78 is 36.5. The van der Waals surface area contributed by atoms with E-state index >= 15 is 0 Å². The second-order valence-electron chi connectivity index (χ2n) is 9.49. The smallest absolute Gasteiger partial charge is 0.480 e. The summed E-state index contributed by atoms with van der Waals surface area (Å²) in [6.07, 6.45) is 2.02. The number of hydrogen-bond donors (Lipinski definition) is 6. The molecule has 0 aliphatic heterocycles. The highest BCUT2D eigenvalue weighted by Gasteiger charge is 2.38. The number of methoxy groups -OCH3 is 1. The number of halogens is 3. The molecule has 7 N–H and O–H groups in total. The lowest BCUT2D eigenvalue weighted by atomic mass is 9.84. The van der Waals surface area contributed by atoms with Gasteiger partial charge in [-0.05, 0) is 52.0 Å². The van der Waals surface area contributed by atoms with Gasteiger partial charge in [0, 0.05) is 0 Å². The molecule has 0 heterocycles. The molecule has 0 spiro atoms. The van der Waals surface area contributed by atoms with Crippen molar-refractivity contribution in [2.75, 3.05) is 13.7 Å². The predicted octanol–water partition coefficient (Wildman–Crippen LogP) is 1.91. The number of carbonyl (C=O) groups excluding carboxylic acids is 3. The molecule has 38 heavy (non-hydrogen) atoms. The third-order valence-corrected chi connectivity index (χ3v) is 5.84. The standard InChI is InChI=1S/C21H38N4O6.C2HF3O2/c1-21(2,19(29)31-3)25-17(26)16(13-14-9-5-4-6-10-14)24-20(30)23-15(18(27)28)11-7-8-12-22;3-2(4,5)1(6)7/h14-16H,4-13,22H2,1-3H3,(H,25,26)(H,27,28)(H2,23,24,30);(H,6,7)/t15-,16+;/m0./s1. The van der Waals surface area contributed by atoms with Crippen LogP contribution in [0.3, 0.4) is 0 Å². The van der Waals surface area contributed by atoms with Gasteiger partial charge in [0.25, 0.3) is 0 Å². The van der Waals surface area contributed by atoms with Gasteiger partial charge in [-0.1, -0.05) is 32.1 Å². The van der Waals surface area contributed by atoms with E-state index in [2.05, 4.69) is 16.0 Å². The summed E-state index contributed by atoms with van der Waals surface area (Å²) >= 11 is 0. The normalized spacial score (nSPS) is 15.7. The number of rotatable bonds is 12. The van der Waals surface area contributed by atoms with Crippen LogP contribution in [0.5, 0.6) is 0 Å². The van der Waals surface area contributed by atoms with E-state index in [0.29, 0.717) is 25.8 Å². The van der Waals surface area contributed by atoms with Gasteiger partial charge in [0.05, 0.1) is 7.11 Å². The molecule has 0 saturated heterocycles. The van der Waals surface area contributed by atoms with Gasteiger partial charge in [-0.15, -0.1) is 0 Å². The lowest BCUT2D eigenvalue weighted by molar-refractivity contribution is -0.192. The highest BCUT2D eigenvalue weighted by Crippen LogP contribution is 2.27. The highest BCUT2D eigenvalue weighted by molar-refractivity contribution is 5.92. The quantitative estimate of drug-likeness (QED) is 0.154. The second kappa shape index (κ2) is 16.7. The van der Waals surface area contributed by atoms with Crippen LogP contribution in [0.1, 0.15) is 71.6 Å². The van der Waals surface area contributed by atoms with Gasteiger partial charge >= 0.3 is 30.1 Å². The molecule has 1 rings (SSSR count). The summed E-state index contributed by atoms with van der Waals surface area (Å²) in [5, 5.41) is 24.2. The largest absolute Gasteiger partial charge is 0.490 e. The molecule has 1 fully saturated rings. The van der Waals surface area contributed by atoms with E-state index in [4.69, 9.17) is 20.4 Å². The molecule has 0 radical (unpaired) electrons. The van der Waals surface area contributed by atoms with Crippen molar-refractivity contribution in [1.29, 1.82) is 0 Å². The van der Waals surface area contributed by atoms with Crippen LogP contribution in [-0.2, 0) is 23.9 Å². The zero-order valence-corrected chi connectivity index (χ0v) is 21.9. The van der Waals surface area contributed by atoms with Crippen molar-refractivity contribution in [2.24, 2.45) is 11.7 Å². The van der Waals surface area contributed by atoms with Crippen LogP contribution in [0.2, 0.25) is 0 Å². The molecule has 1 saturated carbocycles. The van der Waals surface area contributed by atoms with Crippen LogP contribution in [0.4, 0.5) is 18.0 Å². The van der Waals surface area contributed by atoms with Crippen molar-refractivity contribution in [1.82, 2.24) is 16.0 Å². The molecular weight excluding hydrogens is 517 g/mol. The number of ether oxygens (including phenoxy) is 1. The minimum atomic E-state index is -5.08. The highest BCUT2D eigenvalue weighted by atomic mass is 19.4. The average molecular weight is 557 g/mol. The molecule has 0 bridgehead atoms. The van der Waals surface area contributed by atoms with Gasteiger partial charge in [-0.2, -0.15) is 13.2 Å². The van der Waals surface area contributed by atoms with E-state index in [-0.39, 0.29) is 12.3 Å². The number of carboxylic acids is 2. The van der Waals surface area contributed by atoms with E-state index in [0.717, 1.165) is 32.1 Å². The van der Waals surface area contributed by atoms with E-state index in [1.807, 2.05) is 0 Å². The third-order valence-electron chi connectivity index (χ3n) is 5.84. The molecule has 0 aromatic carbocycles. The van der Waals surface area contributed by atoms with E-state index in [1.54, 1.807) is 0 Å². The Bertz CT molecular complexity index is 802. The lowest BCUT2D eigenvalue weighted by Crippen LogP contribution is -2.59. The number of urea groups is 1. The van der Waals surface area contributed by atoms with Gasteiger partial charge in [0.1, 0.15) is 17.6 Å². The minimum Gasteiger partial charge on any atom is -0.480 e. The van der Waals surface area contributed by atoms with Gasteiger partial charge in [0.2, 0.25) is 5.91 Å². The van der Waals surface area contributed by atoms with Crippen molar-refractivity contribution in [3.8, 4) is 0 Å². The summed E-state index contributed by atoms with van der Waals surface area (Å²) in [7, 11) is 1.23. The van der Waals surface area contributed by atoms with Crippen molar-refractivity contribution < 1.29 is 52.1 Å². The third kappa shape index (κ3) is 14.0. The maximum absolute atomic E-state index is 12.9. The maximum atomic E-state index is 12.9. The number of nitrogens with two attached hydrogens (primary N) is 1. The topological polar surface area (TPSA) is 197 Å². The molecule has 220 valence electrons. The van der Waals surface area contributed by atoms with Crippen molar-refractivity contribution in [3.05, 3.63) is 0 Å². The SMILES string of the molecule is COC(=O)C(C)(C)NC(=O)[C@@H](CC1CCCCC1)NC(=O)N[C@@H](CCCCN)C(=O)O.O=C(O)C(F)(F)F. The molecule has 3 amide bonds. The van der Waals surface area contributed by atoms with Crippen molar-refractivity contribution in [3.63, 3.8) is 0 Å². The van der Waals surface area contributed by atoms with Crippen LogP contribution in [-0.4, -0.2) is 77.5 Å². The number of esters is 1. The van der Waals surface area contributed by atoms with Crippen LogP contribution < -0.4 is 21.7 Å². The lowest BCUT2D eigenvalue weighted by Gasteiger charge is -2.30. The minimum absolute atomic E-state index is 0.245. The summed E-state index contributed by atoms with van der Waals surface area (Å²) in [6, 6.07) is -2.70. The first-order chi connectivity index (χ1) is 17.5. The fraction of sp³-hybridized carbons (Fsp3) is 0.783. The summed E-state index contributed by atoms with van der Waals surface area (Å²) in [5.74, 6) is -4.75. The van der Waals surface area contributed by atoms with Gasteiger partial charge in [-0.3, -0.25) is 4.79 Å². The van der Waals surface area contributed by atoms with Crippen LogP contribution >= 0.6 is 0 Å². The van der Waals surface area contributed by atoms with Crippen molar-refractivity contribution >= 4 is 29.8 Å². The Morgan fingerprint density at radius 1 is 0.974 bits per heavy atom. The zero-order valence-electron chi connectivity index (χ0n) is 21.9. The average Bonchev–Trinajstić information content (AvgIpc) is 2.82. The second-order valence-corrected chi connectivity index (χ2v) is 9.49. The molecule has 0 aromatic rings. The number of alkyl halides is 3. The van der Waals surface area contributed by atoms with Crippen LogP contribution in [0.15, 0.2) is 0 Å². The number of unbranched alkanes of at least 4 members (excludes halogenated alkanes) is 1. The molecule has 15 heteroatoms. The van der Waals surface area contributed by atoms with E-state index < -0.39 is 53.6 Å². The molecule has 1 aliphatic carbocycles. The van der Waals surface area contributed by atoms with Crippen molar-refractivity contribution in [2.45, 2.75) is 95.4 Å². The summed E-state index contributed by atoms with van der Waals surface area (Å²) in [5.41, 5.74) is 4.17. The van der Waals surface area contributed by atoms with E-state index in [9.17, 15) is 37.5 Å². The maximum Gasteiger partial charge on any atom is 0.490 e. The molecule has 0 aromatic heterocycles. The first kappa shape index (κ1) is 34.9. The number of amides is 3. The van der Waals surface area contributed by atoms with Gasteiger partial charge in [-0.25, -0.2) is 19.2 Å². The predicted molar refractivity (Wildman–Crippen MR) is 129 cm³/mol. The van der Waals surface area contributed by atoms with Gasteiger partial charge < -0.3 is 36.6 Å². The Kier molecular flexibility index (Phi) is 15.3. The Morgan fingerprint density at radius 3 is 1.95 bits per heavy atom. The summed E-state index contributed by atoms with van der Waals surface area (Å²) in [4.78, 5) is 57.7. The Labute approximate surface area is 219 Å². The Hall–Kier alpha value is -3.10. The first-order valence-electron chi connectivity index (χ1n) is 12.3. The molecule has 2 atom stereocenters.